The molecule has 0 aliphatic heterocycles. The fourth-order valence-corrected chi connectivity index (χ4v) is 4.57. The molecule has 2 rings (SSSR count). The van der Waals surface area contributed by atoms with Crippen molar-refractivity contribution in [2.45, 2.75) is 17.9 Å². The minimum atomic E-state index is -3.68. The summed E-state index contributed by atoms with van der Waals surface area (Å²) in [7, 11) is 3.18. The zero-order valence-electron chi connectivity index (χ0n) is 15.1. The zero-order chi connectivity index (χ0) is 18.6. The number of ether oxygens (including phenoxy) is 2. The van der Waals surface area contributed by atoms with E-state index in [0.29, 0.717) is 17.1 Å². The summed E-state index contributed by atoms with van der Waals surface area (Å²) in [5, 5.41) is 4.01. The molecule has 0 bridgehead atoms. The Hall–Kier alpha value is -1.61. The van der Waals surface area contributed by atoms with Crippen molar-refractivity contribution in [3.8, 4) is 11.5 Å². The van der Waals surface area contributed by atoms with E-state index >= 15 is 0 Å². The van der Waals surface area contributed by atoms with Crippen LogP contribution in [0.3, 0.4) is 0 Å². The molecule has 1 unspecified atom stereocenters. The Labute approximate surface area is 153 Å². The van der Waals surface area contributed by atoms with Crippen LogP contribution < -0.4 is 14.2 Å². The highest BCUT2D eigenvalue weighted by molar-refractivity contribution is 7.89. The third-order valence-corrected chi connectivity index (χ3v) is 6.26. The van der Waals surface area contributed by atoms with Crippen molar-refractivity contribution in [3.05, 3.63) is 40.1 Å². The largest absolute Gasteiger partial charge is 0.493 e. The van der Waals surface area contributed by atoms with Crippen LogP contribution >= 0.6 is 11.3 Å². The Morgan fingerprint density at radius 1 is 1.20 bits per heavy atom. The van der Waals surface area contributed by atoms with Gasteiger partial charge in [-0.15, -0.1) is 0 Å². The standard InChI is InChI=1S/C17H24N2O4S2/c1-12-8-15(22-4)16(23-5)9-17(12)25(20,21)18-10-14(19(2)3)13-6-7-24-11-13/h6-9,11,14,18H,10H2,1-5H3. The number of nitrogens with one attached hydrogen (secondary N) is 1. The van der Waals surface area contributed by atoms with Gasteiger partial charge in [0.15, 0.2) is 11.5 Å². The number of benzene rings is 1. The van der Waals surface area contributed by atoms with Gasteiger partial charge in [-0.05, 0) is 55.0 Å². The summed E-state index contributed by atoms with van der Waals surface area (Å²) in [6.45, 7) is 2.01. The smallest absolute Gasteiger partial charge is 0.241 e. The van der Waals surface area contributed by atoms with Gasteiger partial charge in [0.1, 0.15) is 0 Å². The van der Waals surface area contributed by atoms with Gasteiger partial charge in [0, 0.05) is 18.7 Å². The van der Waals surface area contributed by atoms with Crippen molar-refractivity contribution in [2.24, 2.45) is 0 Å². The van der Waals surface area contributed by atoms with Gasteiger partial charge in [-0.3, -0.25) is 0 Å². The number of hydrogen-bond acceptors (Lipinski definition) is 6. The molecule has 138 valence electrons. The van der Waals surface area contributed by atoms with E-state index in [4.69, 9.17) is 9.47 Å². The monoisotopic (exact) mass is 384 g/mol. The molecule has 1 aromatic carbocycles. The van der Waals surface area contributed by atoms with Crippen molar-refractivity contribution in [1.29, 1.82) is 0 Å². The minimum absolute atomic E-state index is 0.0403. The lowest BCUT2D eigenvalue weighted by Crippen LogP contribution is -2.34. The summed E-state index contributed by atoms with van der Waals surface area (Å²) < 4.78 is 38.7. The quantitative estimate of drug-likeness (QED) is 0.758. The third kappa shape index (κ3) is 4.52. The molecule has 6 nitrogen and oxygen atoms in total. The van der Waals surface area contributed by atoms with Crippen molar-refractivity contribution >= 4 is 21.4 Å². The highest BCUT2D eigenvalue weighted by atomic mass is 32.2. The van der Waals surface area contributed by atoms with E-state index in [1.807, 2.05) is 35.8 Å². The number of hydrogen-bond donors (Lipinski definition) is 1. The number of likely N-dealkylation sites (N-methyl/N-ethyl adjacent to an activating group) is 1. The van der Waals surface area contributed by atoms with Crippen molar-refractivity contribution < 1.29 is 17.9 Å². The predicted molar refractivity (Wildman–Crippen MR) is 100 cm³/mol. The van der Waals surface area contributed by atoms with Gasteiger partial charge in [0.05, 0.1) is 19.1 Å². The number of thiophene rings is 1. The van der Waals surface area contributed by atoms with Crippen molar-refractivity contribution in [2.75, 3.05) is 34.9 Å². The predicted octanol–water partition coefficient (Wildman–Crippen LogP) is 2.65. The van der Waals surface area contributed by atoms with E-state index in [-0.39, 0.29) is 17.5 Å². The first-order chi connectivity index (χ1) is 11.8. The molecule has 0 spiro atoms. The van der Waals surface area contributed by atoms with E-state index in [1.165, 1.54) is 20.3 Å². The Balaban J connectivity index is 2.27. The van der Waals surface area contributed by atoms with E-state index < -0.39 is 10.0 Å². The van der Waals surface area contributed by atoms with Gasteiger partial charge in [-0.25, -0.2) is 13.1 Å². The SMILES string of the molecule is COc1cc(C)c(S(=O)(=O)NCC(c2ccsc2)N(C)C)cc1OC. The lowest BCUT2D eigenvalue weighted by molar-refractivity contribution is 0.300. The highest BCUT2D eigenvalue weighted by Crippen LogP contribution is 2.32. The molecule has 2 aromatic rings. The van der Waals surface area contributed by atoms with Gasteiger partial charge in [0.25, 0.3) is 0 Å². The molecule has 0 saturated carbocycles. The molecule has 0 aliphatic carbocycles. The summed E-state index contributed by atoms with van der Waals surface area (Å²) in [4.78, 5) is 2.18. The van der Waals surface area contributed by atoms with Gasteiger partial charge in [-0.2, -0.15) is 11.3 Å². The van der Waals surface area contributed by atoms with Crippen molar-refractivity contribution in [3.63, 3.8) is 0 Å². The first-order valence-electron chi connectivity index (χ1n) is 7.71. The van der Waals surface area contributed by atoms with Crippen LogP contribution in [0.5, 0.6) is 11.5 Å². The van der Waals surface area contributed by atoms with Crippen LogP contribution in [0, 0.1) is 6.92 Å². The number of aryl methyl sites for hydroxylation is 1. The van der Waals surface area contributed by atoms with Crippen LogP contribution in [0.15, 0.2) is 33.9 Å². The molecular weight excluding hydrogens is 360 g/mol. The van der Waals surface area contributed by atoms with E-state index in [2.05, 4.69) is 4.72 Å². The fourth-order valence-electron chi connectivity index (χ4n) is 2.58. The summed E-state index contributed by atoms with van der Waals surface area (Å²) in [5.74, 6) is 0.888. The second kappa shape index (κ2) is 8.18. The number of sulfonamides is 1. The highest BCUT2D eigenvalue weighted by Gasteiger charge is 2.23. The van der Waals surface area contributed by atoms with E-state index in [0.717, 1.165) is 5.56 Å². The molecule has 8 heteroatoms. The summed E-state index contributed by atoms with van der Waals surface area (Å²) in [5.41, 5.74) is 1.68. The number of rotatable bonds is 8. The first-order valence-corrected chi connectivity index (χ1v) is 10.1. The molecule has 25 heavy (non-hydrogen) atoms. The van der Waals surface area contributed by atoms with Crippen molar-refractivity contribution in [1.82, 2.24) is 9.62 Å². The lowest BCUT2D eigenvalue weighted by Gasteiger charge is -2.24. The molecule has 0 fully saturated rings. The lowest BCUT2D eigenvalue weighted by atomic mass is 10.1. The third-order valence-electron chi connectivity index (χ3n) is 3.99. The molecule has 0 aliphatic rings. The minimum Gasteiger partial charge on any atom is -0.493 e. The molecule has 0 radical (unpaired) electrons. The second-order valence-corrected chi connectivity index (χ2v) is 8.38. The zero-order valence-corrected chi connectivity index (χ0v) is 16.7. The maximum absolute atomic E-state index is 12.8. The Morgan fingerprint density at radius 3 is 2.36 bits per heavy atom. The second-order valence-electron chi connectivity index (χ2n) is 5.86. The molecular formula is C17H24N2O4S2. The van der Waals surface area contributed by atoms with Crippen LogP contribution in [0.25, 0.3) is 0 Å². The molecule has 0 saturated heterocycles. The summed E-state index contributed by atoms with van der Waals surface area (Å²) in [6, 6.07) is 5.12. The van der Waals surface area contributed by atoms with Crippen LogP contribution in [0.1, 0.15) is 17.2 Å². The normalized spacial score (nSPS) is 13.0. The maximum Gasteiger partial charge on any atom is 0.241 e. The van der Waals surface area contributed by atoms with Crippen LogP contribution in [-0.4, -0.2) is 48.2 Å². The van der Waals surface area contributed by atoms with E-state index in [1.54, 1.807) is 24.3 Å². The molecule has 0 amide bonds. The molecule has 1 heterocycles. The number of nitrogens with zero attached hydrogens (tertiary/aromatic N) is 1. The van der Waals surface area contributed by atoms with Gasteiger partial charge in [-0.1, -0.05) is 0 Å². The maximum atomic E-state index is 12.8. The number of methoxy groups -OCH3 is 2. The molecule has 1 atom stereocenters. The first kappa shape index (κ1) is 19.7. The Morgan fingerprint density at radius 2 is 1.84 bits per heavy atom. The van der Waals surface area contributed by atoms with Crippen LogP contribution in [-0.2, 0) is 10.0 Å². The van der Waals surface area contributed by atoms with Gasteiger partial charge in [0.2, 0.25) is 10.0 Å². The topological polar surface area (TPSA) is 67.9 Å². The van der Waals surface area contributed by atoms with Crippen LogP contribution in [0.2, 0.25) is 0 Å². The Kier molecular flexibility index (Phi) is 6.45. The molecule has 1 aromatic heterocycles. The summed E-state index contributed by atoms with van der Waals surface area (Å²) in [6.07, 6.45) is 0. The average Bonchev–Trinajstić information content (AvgIpc) is 3.08. The Bertz CT molecular complexity index is 802. The fraction of sp³-hybridized carbons (Fsp3) is 0.412. The van der Waals surface area contributed by atoms with Gasteiger partial charge < -0.3 is 14.4 Å². The summed E-state index contributed by atoms with van der Waals surface area (Å²) >= 11 is 1.59. The van der Waals surface area contributed by atoms with E-state index in [9.17, 15) is 8.42 Å². The van der Waals surface area contributed by atoms with Gasteiger partial charge >= 0.3 is 0 Å². The van der Waals surface area contributed by atoms with Crippen LogP contribution in [0.4, 0.5) is 0 Å². The molecule has 1 N–H and O–H groups in total. The average molecular weight is 385 g/mol.